The van der Waals surface area contributed by atoms with E-state index in [0.717, 1.165) is 25.1 Å². The number of aliphatic hydroxyl groups is 1. The molecule has 66 valence electrons. The summed E-state index contributed by atoms with van der Waals surface area (Å²) < 4.78 is 0. The topological polar surface area (TPSA) is 45.2 Å². The Hall–Kier alpha value is -0.450. The van der Waals surface area contributed by atoms with E-state index in [-0.39, 0.29) is 6.04 Å². The van der Waals surface area contributed by atoms with E-state index >= 15 is 0 Å². The SMILES string of the molecule is OC(c1cscn1)[C@@H]1CCCN1. The highest BCUT2D eigenvalue weighted by Gasteiger charge is 2.24. The van der Waals surface area contributed by atoms with Crippen molar-refractivity contribution >= 4 is 11.3 Å². The molecule has 3 nitrogen and oxygen atoms in total. The number of rotatable bonds is 2. The van der Waals surface area contributed by atoms with Crippen LogP contribution in [-0.2, 0) is 0 Å². The molecule has 1 aromatic heterocycles. The molecule has 0 amide bonds. The summed E-state index contributed by atoms with van der Waals surface area (Å²) >= 11 is 1.53. The highest BCUT2D eigenvalue weighted by Crippen LogP contribution is 2.22. The van der Waals surface area contributed by atoms with Crippen molar-refractivity contribution in [2.75, 3.05) is 6.54 Å². The van der Waals surface area contributed by atoms with Crippen LogP contribution in [0.1, 0.15) is 24.6 Å². The maximum atomic E-state index is 9.79. The molecule has 1 aromatic rings. The van der Waals surface area contributed by atoms with Gasteiger partial charge in [0.15, 0.2) is 0 Å². The van der Waals surface area contributed by atoms with E-state index in [4.69, 9.17) is 0 Å². The summed E-state index contributed by atoms with van der Waals surface area (Å²) in [6.45, 7) is 1.02. The molecule has 0 aliphatic carbocycles. The van der Waals surface area contributed by atoms with Crippen LogP contribution in [0.5, 0.6) is 0 Å². The van der Waals surface area contributed by atoms with Crippen molar-refractivity contribution < 1.29 is 5.11 Å². The normalized spacial score (nSPS) is 25.9. The zero-order valence-electron chi connectivity index (χ0n) is 6.73. The zero-order chi connectivity index (χ0) is 8.39. The maximum Gasteiger partial charge on any atom is 0.112 e. The predicted octanol–water partition coefficient (Wildman–Crippen LogP) is 0.929. The molecule has 1 unspecified atom stereocenters. The summed E-state index contributed by atoms with van der Waals surface area (Å²) in [6.07, 6.45) is 1.80. The summed E-state index contributed by atoms with van der Waals surface area (Å²) in [6, 6.07) is 0.215. The highest BCUT2D eigenvalue weighted by molar-refractivity contribution is 7.07. The molecule has 0 aromatic carbocycles. The van der Waals surface area contributed by atoms with Crippen LogP contribution in [0.3, 0.4) is 0 Å². The quantitative estimate of drug-likeness (QED) is 0.718. The van der Waals surface area contributed by atoms with Gasteiger partial charge in [-0.2, -0.15) is 0 Å². The minimum atomic E-state index is -0.418. The second-order valence-electron chi connectivity index (χ2n) is 3.06. The molecule has 0 spiro atoms. The number of hydrogen-bond donors (Lipinski definition) is 2. The van der Waals surface area contributed by atoms with Crippen molar-refractivity contribution in [2.24, 2.45) is 0 Å². The third-order valence-electron chi connectivity index (χ3n) is 2.23. The molecule has 12 heavy (non-hydrogen) atoms. The van der Waals surface area contributed by atoms with Crippen LogP contribution in [0.2, 0.25) is 0 Å². The Morgan fingerprint density at radius 1 is 1.75 bits per heavy atom. The zero-order valence-corrected chi connectivity index (χ0v) is 7.55. The fraction of sp³-hybridized carbons (Fsp3) is 0.625. The fourth-order valence-corrected chi connectivity index (χ4v) is 2.14. The van der Waals surface area contributed by atoms with E-state index in [2.05, 4.69) is 10.3 Å². The standard InChI is InChI=1S/C8H12N2OS/c11-8(6-2-1-3-9-6)7-4-12-5-10-7/h4-6,8-9,11H,1-3H2/t6-,8?/m0/s1. The lowest BCUT2D eigenvalue weighted by atomic mass is 10.1. The van der Waals surface area contributed by atoms with Gasteiger partial charge in [-0.3, -0.25) is 0 Å². The average Bonchev–Trinajstić information content (AvgIpc) is 2.77. The van der Waals surface area contributed by atoms with Crippen molar-refractivity contribution in [3.05, 3.63) is 16.6 Å². The van der Waals surface area contributed by atoms with Gasteiger partial charge in [-0.25, -0.2) is 4.98 Å². The van der Waals surface area contributed by atoms with Gasteiger partial charge in [0.25, 0.3) is 0 Å². The van der Waals surface area contributed by atoms with E-state index in [1.54, 1.807) is 5.51 Å². The van der Waals surface area contributed by atoms with Gasteiger partial charge >= 0.3 is 0 Å². The van der Waals surface area contributed by atoms with E-state index < -0.39 is 6.10 Å². The molecular formula is C8H12N2OS. The van der Waals surface area contributed by atoms with Crippen molar-refractivity contribution in [3.63, 3.8) is 0 Å². The van der Waals surface area contributed by atoms with Crippen molar-refractivity contribution in [1.82, 2.24) is 10.3 Å². The Bertz CT molecular complexity index is 231. The van der Waals surface area contributed by atoms with Crippen LogP contribution in [-0.4, -0.2) is 22.7 Å². The van der Waals surface area contributed by atoms with Crippen molar-refractivity contribution in [1.29, 1.82) is 0 Å². The lowest BCUT2D eigenvalue weighted by Crippen LogP contribution is -2.28. The van der Waals surface area contributed by atoms with Crippen LogP contribution in [0.25, 0.3) is 0 Å². The number of aliphatic hydroxyl groups excluding tert-OH is 1. The molecule has 2 atom stereocenters. The monoisotopic (exact) mass is 184 g/mol. The van der Waals surface area contributed by atoms with E-state index in [9.17, 15) is 5.11 Å². The Kier molecular flexibility index (Phi) is 2.39. The average molecular weight is 184 g/mol. The molecule has 1 saturated heterocycles. The number of thiazole rings is 1. The predicted molar refractivity (Wildman–Crippen MR) is 48.1 cm³/mol. The Labute approximate surface area is 75.5 Å². The smallest absolute Gasteiger partial charge is 0.112 e. The Morgan fingerprint density at radius 2 is 2.67 bits per heavy atom. The molecular weight excluding hydrogens is 172 g/mol. The molecule has 2 rings (SSSR count). The molecule has 1 aliphatic heterocycles. The van der Waals surface area contributed by atoms with Gasteiger partial charge in [0, 0.05) is 11.4 Å². The Morgan fingerprint density at radius 3 is 3.25 bits per heavy atom. The van der Waals surface area contributed by atoms with Gasteiger partial charge in [0.2, 0.25) is 0 Å². The lowest BCUT2D eigenvalue weighted by molar-refractivity contribution is 0.134. The van der Waals surface area contributed by atoms with Gasteiger partial charge in [-0.15, -0.1) is 11.3 Å². The Balaban J connectivity index is 2.04. The molecule has 1 aliphatic rings. The summed E-state index contributed by atoms with van der Waals surface area (Å²) in [5, 5.41) is 15.0. The number of nitrogens with zero attached hydrogens (tertiary/aromatic N) is 1. The molecule has 0 bridgehead atoms. The molecule has 4 heteroatoms. The van der Waals surface area contributed by atoms with Gasteiger partial charge in [-0.05, 0) is 19.4 Å². The first-order chi connectivity index (χ1) is 5.88. The summed E-state index contributed by atoms with van der Waals surface area (Å²) in [5.41, 5.74) is 2.56. The first-order valence-electron chi connectivity index (χ1n) is 4.17. The second kappa shape index (κ2) is 3.51. The van der Waals surface area contributed by atoms with Gasteiger partial charge in [0.1, 0.15) is 6.10 Å². The third kappa shape index (κ3) is 1.50. The van der Waals surface area contributed by atoms with Crippen LogP contribution < -0.4 is 5.32 Å². The van der Waals surface area contributed by atoms with Gasteiger partial charge in [0.05, 0.1) is 11.2 Å². The second-order valence-corrected chi connectivity index (χ2v) is 3.78. The van der Waals surface area contributed by atoms with Crippen LogP contribution in [0.15, 0.2) is 10.9 Å². The van der Waals surface area contributed by atoms with E-state index in [1.165, 1.54) is 11.3 Å². The molecule has 2 heterocycles. The fourth-order valence-electron chi connectivity index (χ4n) is 1.56. The van der Waals surface area contributed by atoms with Gasteiger partial charge < -0.3 is 10.4 Å². The number of aromatic nitrogens is 1. The highest BCUT2D eigenvalue weighted by atomic mass is 32.1. The maximum absolute atomic E-state index is 9.79. The summed E-state index contributed by atoms with van der Waals surface area (Å²) in [5.74, 6) is 0. The minimum Gasteiger partial charge on any atom is -0.385 e. The number of hydrogen-bond acceptors (Lipinski definition) is 4. The van der Waals surface area contributed by atoms with Crippen LogP contribution in [0.4, 0.5) is 0 Å². The van der Waals surface area contributed by atoms with E-state index in [0.29, 0.717) is 0 Å². The third-order valence-corrected chi connectivity index (χ3v) is 2.84. The summed E-state index contributed by atoms with van der Waals surface area (Å²) in [7, 11) is 0. The summed E-state index contributed by atoms with van der Waals surface area (Å²) in [4.78, 5) is 4.09. The van der Waals surface area contributed by atoms with E-state index in [1.807, 2.05) is 5.38 Å². The molecule has 2 N–H and O–H groups in total. The lowest BCUT2D eigenvalue weighted by Gasteiger charge is -2.15. The molecule has 0 radical (unpaired) electrons. The van der Waals surface area contributed by atoms with Gasteiger partial charge in [-0.1, -0.05) is 0 Å². The number of nitrogens with one attached hydrogen (secondary N) is 1. The van der Waals surface area contributed by atoms with Crippen LogP contribution in [0, 0.1) is 0 Å². The largest absolute Gasteiger partial charge is 0.385 e. The molecule has 0 saturated carbocycles. The van der Waals surface area contributed by atoms with Crippen LogP contribution >= 0.6 is 11.3 Å². The minimum absolute atomic E-state index is 0.215. The first kappa shape index (κ1) is 8.16. The molecule has 1 fully saturated rings. The van der Waals surface area contributed by atoms with Crippen molar-refractivity contribution in [3.8, 4) is 0 Å². The first-order valence-corrected chi connectivity index (χ1v) is 5.12. The van der Waals surface area contributed by atoms with Crippen molar-refractivity contribution in [2.45, 2.75) is 25.0 Å².